The van der Waals surface area contributed by atoms with Crippen LogP contribution in [0.25, 0.3) is 0 Å². The molecule has 0 atom stereocenters. The van der Waals surface area contributed by atoms with Crippen LogP contribution in [0.15, 0.2) is 23.3 Å². The summed E-state index contributed by atoms with van der Waals surface area (Å²) < 4.78 is 0. The molecule has 1 aromatic carbocycles. The predicted octanol–water partition coefficient (Wildman–Crippen LogP) is 1.27. The first-order valence-corrected chi connectivity index (χ1v) is 5.84. The molecule has 0 radical (unpaired) electrons. The minimum absolute atomic E-state index is 0.250. The van der Waals surface area contributed by atoms with Crippen molar-refractivity contribution in [3.63, 3.8) is 0 Å². The first kappa shape index (κ1) is 15.5. The summed E-state index contributed by atoms with van der Waals surface area (Å²) in [7, 11) is 3.22. The molecule has 0 fully saturated rings. The summed E-state index contributed by atoms with van der Waals surface area (Å²) >= 11 is 5.96. The number of nitrogens with one attached hydrogen (secondary N) is 2. The van der Waals surface area contributed by atoms with Gasteiger partial charge in [0.25, 0.3) is 5.91 Å². The highest BCUT2D eigenvalue weighted by Crippen LogP contribution is 2.21. The van der Waals surface area contributed by atoms with Gasteiger partial charge in [-0.1, -0.05) is 11.6 Å². The summed E-state index contributed by atoms with van der Waals surface area (Å²) in [6.07, 6.45) is 0. The lowest BCUT2D eigenvalue weighted by Gasteiger charge is -2.12. The van der Waals surface area contributed by atoms with Crippen molar-refractivity contribution in [2.75, 3.05) is 19.5 Å². The number of amides is 1. The Kier molecular flexibility index (Phi) is 5.06. The van der Waals surface area contributed by atoms with Gasteiger partial charge >= 0.3 is 0 Å². The average molecular weight is 293 g/mol. The number of hydrogen-bond acceptors (Lipinski definition) is 5. The second-order valence-electron chi connectivity index (χ2n) is 3.99. The fourth-order valence-electron chi connectivity index (χ4n) is 1.27. The van der Waals surface area contributed by atoms with E-state index in [-0.39, 0.29) is 11.6 Å². The van der Waals surface area contributed by atoms with Gasteiger partial charge < -0.3 is 10.6 Å². The van der Waals surface area contributed by atoms with Crippen molar-refractivity contribution in [3.8, 4) is 6.07 Å². The van der Waals surface area contributed by atoms with E-state index in [4.69, 9.17) is 28.0 Å². The fourth-order valence-corrected chi connectivity index (χ4v) is 1.46. The Morgan fingerprint density at radius 3 is 2.70 bits per heavy atom. The highest BCUT2D eigenvalue weighted by Gasteiger charge is 2.13. The minimum atomic E-state index is -0.446. The Labute approximate surface area is 121 Å². The average Bonchev–Trinajstić information content (AvgIpc) is 2.39. The minimum Gasteiger partial charge on any atom is -0.382 e. The first-order valence-electron chi connectivity index (χ1n) is 5.46. The van der Waals surface area contributed by atoms with E-state index < -0.39 is 5.84 Å². The van der Waals surface area contributed by atoms with Gasteiger partial charge in [0.15, 0.2) is 5.84 Å². The van der Waals surface area contributed by atoms with Gasteiger partial charge in [0, 0.05) is 14.1 Å². The van der Waals surface area contributed by atoms with E-state index in [1.807, 2.05) is 0 Å². The summed E-state index contributed by atoms with van der Waals surface area (Å²) in [5, 5.41) is 19.8. The summed E-state index contributed by atoms with van der Waals surface area (Å²) in [6.45, 7) is 0. The number of nitrogens with two attached hydrogens (primary N) is 1. The zero-order chi connectivity index (χ0) is 15.3. The molecule has 4 N–H and O–H groups in total. The number of benzene rings is 1. The molecular weight excluding hydrogens is 280 g/mol. The van der Waals surface area contributed by atoms with Gasteiger partial charge in [-0.25, -0.2) is 0 Å². The van der Waals surface area contributed by atoms with E-state index in [1.165, 1.54) is 17.0 Å². The molecule has 0 bridgehead atoms. The van der Waals surface area contributed by atoms with Gasteiger partial charge in [-0.15, -0.1) is 0 Å². The lowest BCUT2D eigenvalue weighted by molar-refractivity contribution is 0.0828. The SMILES string of the molecule is CN(C)C(=O)c1cc(N/N=C(\C#N)C(=N)N)ccc1Cl. The zero-order valence-corrected chi connectivity index (χ0v) is 11.7. The number of nitriles is 1. The van der Waals surface area contributed by atoms with Crippen LogP contribution in [-0.4, -0.2) is 36.4 Å². The van der Waals surface area contributed by atoms with Crippen LogP contribution in [-0.2, 0) is 0 Å². The van der Waals surface area contributed by atoms with Crippen LogP contribution in [0.3, 0.4) is 0 Å². The maximum atomic E-state index is 11.9. The van der Waals surface area contributed by atoms with Crippen LogP contribution in [0, 0.1) is 16.7 Å². The Bertz CT molecular complexity index is 617. The molecule has 104 valence electrons. The van der Waals surface area contributed by atoms with Crippen LogP contribution >= 0.6 is 11.6 Å². The molecular formula is C12H13ClN6O. The van der Waals surface area contributed by atoms with E-state index in [2.05, 4.69) is 10.5 Å². The van der Waals surface area contributed by atoms with Crippen molar-refractivity contribution in [1.82, 2.24) is 4.90 Å². The van der Waals surface area contributed by atoms with Crippen LogP contribution in [0.4, 0.5) is 5.69 Å². The van der Waals surface area contributed by atoms with Crippen LogP contribution in [0.5, 0.6) is 0 Å². The number of carbonyl (C=O) groups is 1. The predicted molar refractivity (Wildman–Crippen MR) is 78.1 cm³/mol. The number of hydrazone groups is 1. The molecule has 20 heavy (non-hydrogen) atoms. The standard InChI is InChI=1S/C12H13ClN6O/c1-19(2)12(20)8-5-7(3-4-9(8)13)17-18-10(6-14)11(15)16/h3-5,17H,1-2H3,(H3,15,16)/b18-10+. The Morgan fingerprint density at radius 2 is 2.20 bits per heavy atom. The third-order valence-corrected chi connectivity index (χ3v) is 2.59. The maximum absolute atomic E-state index is 11.9. The largest absolute Gasteiger partial charge is 0.382 e. The molecule has 0 unspecified atom stereocenters. The number of carbonyl (C=O) groups excluding carboxylic acids is 1. The van der Waals surface area contributed by atoms with Crippen molar-refractivity contribution in [2.24, 2.45) is 10.8 Å². The molecule has 1 aromatic rings. The number of amidine groups is 1. The topological polar surface area (TPSA) is 118 Å². The Balaban J connectivity index is 3.06. The second-order valence-corrected chi connectivity index (χ2v) is 4.40. The summed E-state index contributed by atoms with van der Waals surface area (Å²) in [5.74, 6) is -0.701. The van der Waals surface area contributed by atoms with Crippen molar-refractivity contribution in [3.05, 3.63) is 28.8 Å². The number of hydrogen-bond donors (Lipinski definition) is 3. The molecule has 0 aromatic heterocycles. The monoisotopic (exact) mass is 292 g/mol. The van der Waals surface area contributed by atoms with Crippen LogP contribution < -0.4 is 11.2 Å². The van der Waals surface area contributed by atoms with Crippen molar-refractivity contribution in [2.45, 2.75) is 0 Å². The molecule has 0 saturated heterocycles. The van der Waals surface area contributed by atoms with Gasteiger partial charge in [0.2, 0.25) is 5.71 Å². The lowest BCUT2D eigenvalue weighted by atomic mass is 10.2. The zero-order valence-electron chi connectivity index (χ0n) is 10.9. The molecule has 8 heteroatoms. The summed E-state index contributed by atoms with van der Waals surface area (Å²) in [6, 6.07) is 6.31. The molecule has 1 amide bonds. The second kappa shape index (κ2) is 6.54. The van der Waals surface area contributed by atoms with Crippen LogP contribution in [0.1, 0.15) is 10.4 Å². The van der Waals surface area contributed by atoms with E-state index >= 15 is 0 Å². The Hall–Kier alpha value is -2.59. The molecule has 1 rings (SSSR count). The lowest BCUT2D eigenvalue weighted by Crippen LogP contribution is -2.22. The molecule has 0 aliphatic carbocycles. The molecule has 0 aliphatic rings. The number of anilines is 1. The highest BCUT2D eigenvalue weighted by atomic mass is 35.5. The number of halogens is 1. The quantitative estimate of drug-likeness (QED) is 0.440. The molecule has 0 heterocycles. The van der Waals surface area contributed by atoms with Gasteiger partial charge in [-0.2, -0.15) is 10.4 Å². The van der Waals surface area contributed by atoms with Gasteiger partial charge in [0.05, 0.1) is 16.3 Å². The molecule has 0 saturated carbocycles. The van der Waals surface area contributed by atoms with Crippen LogP contribution in [0.2, 0.25) is 5.02 Å². The van der Waals surface area contributed by atoms with E-state index in [9.17, 15) is 4.79 Å². The van der Waals surface area contributed by atoms with Gasteiger partial charge in [-0.05, 0) is 18.2 Å². The first-order chi connectivity index (χ1) is 9.36. The van der Waals surface area contributed by atoms with Gasteiger partial charge in [0.1, 0.15) is 6.07 Å². The van der Waals surface area contributed by atoms with Gasteiger partial charge in [-0.3, -0.25) is 15.6 Å². The molecule has 7 nitrogen and oxygen atoms in total. The maximum Gasteiger partial charge on any atom is 0.254 e. The smallest absolute Gasteiger partial charge is 0.254 e. The third-order valence-electron chi connectivity index (χ3n) is 2.26. The third kappa shape index (κ3) is 3.70. The van der Waals surface area contributed by atoms with Crippen molar-refractivity contribution < 1.29 is 4.79 Å². The normalized spacial score (nSPS) is 10.6. The van der Waals surface area contributed by atoms with Crippen molar-refractivity contribution in [1.29, 1.82) is 10.7 Å². The van der Waals surface area contributed by atoms with E-state index in [0.717, 1.165) is 0 Å². The summed E-state index contributed by atoms with van der Waals surface area (Å²) in [5.41, 5.74) is 8.22. The summed E-state index contributed by atoms with van der Waals surface area (Å²) in [4.78, 5) is 13.3. The van der Waals surface area contributed by atoms with E-state index in [0.29, 0.717) is 16.3 Å². The number of nitrogens with zero attached hydrogens (tertiary/aromatic N) is 3. The van der Waals surface area contributed by atoms with Crippen molar-refractivity contribution >= 4 is 34.7 Å². The molecule has 0 aliphatic heterocycles. The highest BCUT2D eigenvalue weighted by molar-refractivity contribution is 6.45. The Morgan fingerprint density at radius 1 is 1.55 bits per heavy atom. The van der Waals surface area contributed by atoms with E-state index in [1.54, 1.807) is 26.2 Å². The number of rotatable bonds is 4. The fraction of sp³-hybridized carbons (Fsp3) is 0.167. The molecule has 0 spiro atoms.